The predicted octanol–water partition coefficient (Wildman–Crippen LogP) is 3.15. The number of hydrogen-bond acceptors (Lipinski definition) is 3. The van der Waals surface area contributed by atoms with Gasteiger partial charge in [0.25, 0.3) is 0 Å². The molecule has 0 saturated carbocycles. The topological polar surface area (TPSA) is 36.1 Å². The number of nitrogens with one attached hydrogen (secondary N) is 1. The first-order chi connectivity index (χ1) is 8.17. The van der Waals surface area contributed by atoms with E-state index < -0.39 is 0 Å². The molecule has 0 aromatic carbocycles. The van der Waals surface area contributed by atoms with Crippen molar-refractivity contribution in [3.05, 3.63) is 20.2 Å². The minimum atomic E-state index is 0.0726. The molecule has 0 amide bonds. The van der Waals surface area contributed by atoms with Crippen molar-refractivity contribution in [3.63, 3.8) is 0 Å². The normalized spacial score (nSPS) is 11.3. The highest BCUT2D eigenvalue weighted by Crippen LogP contribution is 2.13. The standard InChI is InChI=1S/C13H24N2OS/c1-4-6-8-15(9-7-5-2)10-12-11(3)14-13(16)17-12/h4-10H2,1-3H3,(H,14,16). The van der Waals surface area contributed by atoms with Crippen LogP contribution in [0.25, 0.3) is 0 Å². The highest BCUT2D eigenvalue weighted by atomic mass is 32.1. The minimum absolute atomic E-state index is 0.0726. The number of thiazole rings is 1. The number of rotatable bonds is 8. The van der Waals surface area contributed by atoms with Gasteiger partial charge in [-0.25, -0.2) is 0 Å². The molecule has 0 fully saturated rings. The van der Waals surface area contributed by atoms with Crippen LogP contribution in [0.2, 0.25) is 0 Å². The van der Waals surface area contributed by atoms with E-state index in [0.717, 1.165) is 25.3 Å². The summed E-state index contributed by atoms with van der Waals surface area (Å²) in [5, 5.41) is 0. The SMILES string of the molecule is CCCCN(CCCC)Cc1sc(=O)[nH]c1C. The van der Waals surface area contributed by atoms with E-state index in [2.05, 4.69) is 23.7 Å². The van der Waals surface area contributed by atoms with Gasteiger partial charge in [0.15, 0.2) is 0 Å². The van der Waals surface area contributed by atoms with Crippen LogP contribution < -0.4 is 4.87 Å². The van der Waals surface area contributed by atoms with Crippen molar-refractivity contribution >= 4 is 11.3 Å². The lowest BCUT2D eigenvalue weighted by Gasteiger charge is -2.21. The fraction of sp³-hybridized carbons (Fsp3) is 0.769. The molecule has 0 saturated heterocycles. The highest BCUT2D eigenvalue weighted by Gasteiger charge is 2.09. The number of aryl methyl sites for hydroxylation is 1. The van der Waals surface area contributed by atoms with Gasteiger partial charge in [0.1, 0.15) is 0 Å². The Labute approximate surface area is 108 Å². The van der Waals surface area contributed by atoms with E-state index >= 15 is 0 Å². The van der Waals surface area contributed by atoms with Crippen molar-refractivity contribution in [1.82, 2.24) is 9.88 Å². The lowest BCUT2D eigenvalue weighted by molar-refractivity contribution is 0.258. The molecular weight excluding hydrogens is 232 g/mol. The Hall–Kier alpha value is -0.610. The summed E-state index contributed by atoms with van der Waals surface area (Å²) < 4.78 is 0. The third-order valence-electron chi connectivity index (χ3n) is 2.95. The van der Waals surface area contributed by atoms with Gasteiger partial charge in [-0.1, -0.05) is 38.0 Å². The first-order valence-corrected chi connectivity index (χ1v) is 7.40. The van der Waals surface area contributed by atoms with Gasteiger partial charge < -0.3 is 4.98 Å². The summed E-state index contributed by atoms with van der Waals surface area (Å²) in [6.07, 6.45) is 4.93. The average molecular weight is 256 g/mol. The molecule has 4 heteroatoms. The molecule has 0 aliphatic carbocycles. The summed E-state index contributed by atoms with van der Waals surface area (Å²) in [5.41, 5.74) is 1.04. The van der Waals surface area contributed by atoms with Gasteiger partial charge >= 0.3 is 4.87 Å². The minimum Gasteiger partial charge on any atom is -0.317 e. The second-order valence-electron chi connectivity index (χ2n) is 4.55. The molecule has 0 atom stereocenters. The molecule has 0 unspecified atom stereocenters. The number of aromatic amines is 1. The van der Waals surface area contributed by atoms with E-state index in [1.165, 1.54) is 41.9 Å². The second-order valence-corrected chi connectivity index (χ2v) is 5.61. The van der Waals surface area contributed by atoms with Crippen LogP contribution in [-0.4, -0.2) is 23.0 Å². The van der Waals surface area contributed by atoms with Crippen molar-refractivity contribution in [2.24, 2.45) is 0 Å². The van der Waals surface area contributed by atoms with Gasteiger partial charge in [-0.05, 0) is 32.9 Å². The quantitative estimate of drug-likeness (QED) is 0.775. The van der Waals surface area contributed by atoms with Crippen molar-refractivity contribution in [3.8, 4) is 0 Å². The Morgan fingerprint density at radius 2 is 1.76 bits per heavy atom. The van der Waals surface area contributed by atoms with E-state index in [1.807, 2.05) is 6.92 Å². The molecule has 0 aliphatic rings. The van der Waals surface area contributed by atoms with Crippen LogP contribution in [0, 0.1) is 6.92 Å². The summed E-state index contributed by atoms with van der Waals surface area (Å²) in [6, 6.07) is 0. The molecule has 3 nitrogen and oxygen atoms in total. The largest absolute Gasteiger partial charge is 0.317 e. The van der Waals surface area contributed by atoms with Crippen molar-refractivity contribution in [2.45, 2.75) is 53.0 Å². The molecule has 0 aliphatic heterocycles. The van der Waals surface area contributed by atoms with Crippen LogP contribution in [0.15, 0.2) is 4.79 Å². The summed E-state index contributed by atoms with van der Waals surface area (Å²) >= 11 is 1.36. The smallest absolute Gasteiger partial charge is 0.304 e. The van der Waals surface area contributed by atoms with E-state index in [4.69, 9.17) is 0 Å². The maximum absolute atomic E-state index is 11.3. The lowest BCUT2D eigenvalue weighted by atomic mass is 10.2. The fourth-order valence-electron chi connectivity index (χ4n) is 1.82. The summed E-state index contributed by atoms with van der Waals surface area (Å²) in [6.45, 7) is 9.64. The first kappa shape index (κ1) is 14.5. The molecule has 1 N–H and O–H groups in total. The maximum atomic E-state index is 11.3. The zero-order chi connectivity index (χ0) is 12.7. The molecule has 0 spiro atoms. The van der Waals surface area contributed by atoms with Gasteiger partial charge in [-0.2, -0.15) is 0 Å². The van der Waals surface area contributed by atoms with Gasteiger partial charge in [0, 0.05) is 17.1 Å². The Bertz CT molecular complexity index is 362. The monoisotopic (exact) mass is 256 g/mol. The number of hydrogen-bond donors (Lipinski definition) is 1. The van der Waals surface area contributed by atoms with Gasteiger partial charge in [-0.3, -0.25) is 9.69 Å². The van der Waals surface area contributed by atoms with Crippen molar-refractivity contribution < 1.29 is 0 Å². The van der Waals surface area contributed by atoms with E-state index in [9.17, 15) is 4.79 Å². The Kier molecular flexibility index (Phi) is 6.52. The number of unbranched alkanes of at least 4 members (excludes halogenated alkanes) is 2. The number of H-pyrrole nitrogens is 1. The maximum Gasteiger partial charge on any atom is 0.304 e. The third-order valence-corrected chi connectivity index (χ3v) is 3.92. The average Bonchev–Trinajstić information content (AvgIpc) is 2.61. The lowest BCUT2D eigenvalue weighted by Crippen LogP contribution is -2.25. The molecule has 1 aromatic rings. The zero-order valence-corrected chi connectivity index (χ0v) is 12.0. The Morgan fingerprint density at radius 1 is 1.18 bits per heavy atom. The summed E-state index contributed by atoms with van der Waals surface area (Å²) in [4.78, 5) is 17.9. The molecule has 1 heterocycles. The van der Waals surface area contributed by atoms with E-state index in [-0.39, 0.29) is 4.87 Å². The van der Waals surface area contributed by atoms with Crippen LogP contribution in [-0.2, 0) is 6.54 Å². The van der Waals surface area contributed by atoms with E-state index in [0.29, 0.717) is 0 Å². The Morgan fingerprint density at radius 3 is 2.18 bits per heavy atom. The molecular formula is C13H24N2OS. The molecule has 1 rings (SSSR count). The fourth-order valence-corrected chi connectivity index (χ4v) is 2.70. The van der Waals surface area contributed by atoms with Crippen LogP contribution in [0.1, 0.15) is 50.1 Å². The van der Waals surface area contributed by atoms with Crippen LogP contribution >= 0.6 is 11.3 Å². The third kappa shape index (κ3) is 5.04. The van der Waals surface area contributed by atoms with Gasteiger partial charge in [0.2, 0.25) is 0 Å². The number of nitrogens with zero attached hydrogens (tertiary/aromatic N) is 1. The molecule has 17 heavy (non-hydrogen) atoms. The predicted molar refractivity (Wildman–Crippen MR) is 74.8 cm³/mol. The van der Waals surface area contributed by atoms with E-state index in [1.54, 1.807) is 0 Å². The Balaban J connectivity index is 2.57. The molecule has 0 bridgehead atoms. The highest BCUT2D eigenvalue weighted by molar-refractivity contribution is 7.09. The number of aromatic nitrogens is 1. The van der Waals surface area contributed by atoms with Gasteiger partial charge in [-0.15, -0.1) is 0 Å². The molecule has 98 valence electrons. The second kappa shape index (κ2) is 7.67. The molecule has 0 radical (unpaired) electrons. The van der Waals surface area contributed by atoms with Crippen molar-refractivity contribution in [1.29, 1.82) is 0 Å². The van der Waals surface area contributed by atoms with Crippen LogP contribution in [0.3, 0.4) is 0 Å². The van der Waals surface area contributed by atoms with Crippen LogP contribution in [0.5, 0.6) is 0 Å². The van der Waals surface area contributed by atoms with Crippen LogP contribution in [0.4, 0.5) is 0 Å². The molecule has 1 aromatic heterocycles. The first-order valence-electron chi connectivity index (χ1n) is 6.58. The summed E-state index contributed by atoms with van der Waals surface area (Å²) in [7, 11) is 0. The zero-order valence-electron chi connectivity index (χ0n) is 11.2. The summed E-state index contributed by atoms with van der Waals surface area (Å²) in [5.74, 6) is 0. The van der Waals surface area contributed by atoms with Gasteiger partial charge in [0.05, 0.1) is 0 Å². The van der Waals surface area contributed by atoms with Crippen molar-refractivity contribution in [2.75, 3.05) is 13.1 Å².